The molecule has 8 heteroatoms. The third kappa shape index (κ3) is 2.88. The first-order chi connectivity index (χ1) is 12.4. The molecular formula is C19H22N2O5S. The van der Waals surface area contributed by atoms with Gasteiger partial charge in [-0.25, -0.2) is 13.1 Å². The number of ketones is 1. The summed E-state index contributed by atoms with van der Waals surface area (Å²) in [4.78, 5) is 25.7. The van der Waals surface area contributed by atoms with Crippen LogP contribution in [-0.2, 0) is 22.3 Å². The van der Waals surface area contributed by atoms with Crippen molar-refractivity contribution in [2.24, 2.45) is 7.05 Å². The lowest BCUT2D eigenvalue weighted by atomic mass is 9.77. The van der Waals surface area contributed by atoms with Crippen molar-refractivity contribution in [2.45, 2.75) is 44.4 Å². The molecule has 0 amide bonds. The van der Waals surface area contributed by atoms with Crippen molar-refractivity contribution in [3.05, 3.63) is 50.4 Å². The first-order valence-electron chi connectivity index (χ1n) is 8.56. The van der Waals surface area contributed by atoms with Crippen LogP contribution in [-0.4, -0.2) is 34.8 Å². The van der Waals surface area contributed by atoms with Gasteiger partial charge in [0, 0.05) is 12.6 Å². The molecule has 144 valence electrons. The highest BCUT2D eigenvalue weighted by Crippen LogP contribution is 2.43. The molecule has 0 unspecified atom stereocenters. The third-order valence-corrected chi connectivity index (χ3v) is 7.19. The van der Waals surface area contributed by atoms with E-state index >= 15 is 0 Å². The Morgan fingerprint density at radius 1 is 1.30 bits per heavy atom. The average Bonchev–Trinajstić information content (AvgIpc) is 2.57. The largest absolute Gasteiger partial charge is 0.505 e. The topological polar surface area (TPSA) is 106 Å². The SMILES string of the molecule is Cc1cc(C(=O)c2c(O)cnn(C)c2=O)c(C)c2c1S(=O)(=O)CCC2(C)C. The number of aryl methyl sites for hydroxylation is 2. The highest BCUT2D eigenvalue weighted by Gasteiger charge is 2.39. The second kappa shape index (κ2) is 6.02. The molecule has 0 saturated carbocycles. The van der Waals surface area contributed by atoms with E-state index in [0.29, 0.717) is 23.1 Å². The Balaban J connectivity index is 2.36. The van der Waals surface area contributed by atoms with Gasteiger partial charge in [0.05, 0.1) is 16.8 Å². The van der Waals surface area contributed by atoms with Crippen molar-refractivity contribution in [1.82, 2.24) is 9.78 Å². The number of carbonyl (C=O) groups excluding carboxylic acids is 1. The molecule has 1 aliphatic heterocycles. The first-order valence-corrected chi connectivity index (χ1v) is 10.2. The summed E-state index contributed by atoms with van der Waals surface area (Å²) in [5, 5.41) is 13.7. The Kier molecular flexibility index (Phi) is 4.30. The van der Waals surface area contributed by atoms with Gasteiger partial charge >= 0.3 is 0 Å². The summed E-state index contributed by atoms with van der Waals surface area (Å²) in [7, 11) is -2.04. The predicted octanol–water partition coefficient (Wildman–Crippen LogP) is 1.79. The monoisotopic (exact) mass is 390 g/mol. The molecule has 1 aromatic heterocycles. The average molecular weight is 390 g/mol. The molecule has 7 nitrogen and oxygen atoms in total. The Hall–Kier alpha value is -2.48. The molecule has 27 heavy (non-hydrogen) atoms. The minimum absolute atomic E-state index is 0.0618. The van der Waals surface area contributed by atoms with Crippen molar-refractivity contribution in [1.29, 1.82) is 0 Å². The maximum Gasteiger partial charge on any atom is 0.281 e. The van der Waals surface area contributed by atoms with E-state index in [1.165, 1.54) is 13.1 Å². The van der Waals surface area contributed by atoms with E-state index in [1.807, 2.05) is 13.8 Å². The van der Waals surface area contributed by atoms with Crippen molar-refractivity contribution >= 4 is 15.6 Å². The number of benzene rings is 1. The molecule has 1 aliphatic rings. The Morgan fingerprint density at radius 3 is 2.56 bits per heavy atom. The normalized spacial score (nSPS) is 17.4. The number of nitrogens with zero attached hydrogens (tertiary/aromatic N) is 2. The number of carbonyl (C=O) groups is 1. The zero-order valence-electron chi connectivity index (χ0n) is 16.0. The fourth-order valence-corrected chi connectivity index (χ4v) is 6.11. The highest BCUT2D eigenvalue weighted by molar-refractivity contribution is 7.91. The van der Waals surface area contributed by atoms with E-state index in [1.54, 1.807) is 13.8 Å². The molecule has 0 atom stereocenters. The molecule has 0 saturated heterocycles. The van der Waals surface area contributed by atoms with Gasteiger partial charge in [-0.05, 0) is 48.4 Å². The Labute approximate surface area is 157 Å². The molecule has 0 fully saturated rings. The maximum absolute atomic E-state index is 13.1. The second-order valence-electron chi connectivity index (χ2n) is 7.69. The maximum atomic E-state index is 13.1. The Morgan fingerprint density at radius 2 is 1.93 bits per heavy atom. The van der Waals surface area contributed by atoms with Crippen LogP contribution in [0.5, 0.6) is 5.75 Å². The number of hydrogen-bond acceptors (Lipinski definition) is 6. The second-order valence-corrected chi connectivity index (χ2v) is 9.73. The van der Waals surface area contributed by atoms with Crippen LogP contribution in [0.2, 0.25) is 0 Å². The molecule has 0 aliphatic carbocycles. The van der Waals surface area contributed by atoms with Gasteiger partial charge in [-0.1, -0.05) is 13.8 Å². The van der Waals surface area contributed by atoms with Crippen LogP contribution in [0.4, 0.5) is 0 Å². The summed E-state index contributed by atoms with van der Waals surface area (Å²) < 4.78 is 26.3. The van der Waals surface area contributed by atoms with Crippen LogP contribution in [0, 0.1) is 13.8 Å². The molecule has 0 spiro atoms. The van der Waals surface area contributed by atoms with Gasteiger partial charge in [0.1, 0.15) is 5.56 Å². The van der Waals surface area contributed by atoms with Crippen LogP contribution in [0.3, 0.4) is 0 Å². The smallest absolute Gasteiger partial charge is 0.281 e. The zero-order valence-corrected chi connectivity index (χ0v) is 16.8. The van der Waals surface area contributed by atoms with Crippen LogP contribution in [0.1, 0.15) is 52.9 Å². The molecule has 2 heterocycles. The number of fused-ring (bicyclic) bond motifs is 1. The molecule has 1 N–H and O–H groups in total. The van der Waals surface area contributed by atoms with Crippen molar-refractivity contribution < 1.29 is 18.3 Å². The van der Waals surface area contributed by atoms with Crippen molar-refractivity contribution in [3.8, 4) is 5.75 Å². The van der Waals surface area contributed by atoms with E-state index in [-0.39, 0.29) is 21.8 Å². The fraction of sp³-hybridized carbons (Fsp3) is 0.421. The third-order valence-electron chi connectivity index (χ3n) is 5.30. The predicted molar refractivity (Wildman–Crippen MR) is 100 cm³/mol. The number of rotatable bonds is 2. The van der Waals surface area contributed by atoms with Crippen molar-refractivity contribution in [3.63, 3.8) is 0 Å². The lowest BCUT2D eigenvalue weighted by Gasteiger charge is -2.35. The molecule has 0 radical (unpaired) electrons. The quantitative estimate of drug-likeness (QED) is 0.784. The van der Waals surface area contributed by atoms with E-state index in [4.69, 9.17) is 0 Å². The number of aromatic nitrogens is 2. The summed E-state index contributed by atoms with van der Waals surface area (Å²) >= 11 is 0. The van der Waals surface area contributed by atoms with Gasteiger partial charge in [-0.15, -0.1) is 0 Å². The first kappa shape index (κ1) is 19.3. The zero-order chi connectivity index (χ0) is 20.3. The molecule has 0 bridgehead atoms. The van der Waals surface area contributed by atoms with Crippen LogP contribution in [0.25, 0.3) is 0 Å². The summed E-state index contributed by atoms with van der Waals surface area (Å²) in [6, 6.07) is 1.49. The minimum atomic E-state index is -3.43. The van der Waals surface area contributed by atoms with Crippen LogP contribution >= 0.6 is 0 Å². The number of hydrogen-bond donors (Lipinski definition) is 1. The van der Waals surface area contributed by atoms with Gasteiger partial charge in [-0.2, -0.15) is 5.10 Å². The summed E-state index contributed by atoms with van der Waals surface area (Å²) in [5.74, 6) is -1.07. The standard InChI is InChI=1S/C19H22N2O5S/c1-10-8-12(16(23)14-13(22)9-20-21(5)18(14)24)11(2)15-17(10)27(25,26)7-6-19(15,3)4/h8-9,22H,6-7H2,1-5H3. The lowest BCUT2D eigenvalue weighted by molar-refractivity contribution is 0.103. The van der Waals surface area contributed by atoms with E-state index in [2.05, 4.69) is 5.10 Å². The van der Waals surface area contributed by atoms with Crippen LogP contribution in [0.15, 0.2) is 22.0 Å². The van der Waals surface area contributed by atoms with Gasteiger partial charge in [0.25, 0.3) is 5.56 Å². The summed E-state index contributed by atoms with van der Waals surface area (Å²) in [5.41, 5.74) is 0.312. The fourth-order valence-electron chi connectivity index (χ4n) is 3.84. The number of aromatic hydroxyl groups is 1. The van der Waals surface area contributed by atoms with Crippen LogP contribution < -0.4 is 5.56 Å². The van der Waals surface area contributed by atoms with E-state index < -0.39 is 32.3 Å². The molecular weight excluding hydrogens is 368 g/mol. The van der Waals surface area contributed by atoms with E-state index in [0.717, 1.165) is 10.9 Å². The van der Waals surface area contributed by atoms with Gasteiger partial charge in [0.2, 0.25) is 5.78 Å². The van der Waals surface area contributed by atoms with Gasteiger partial charge < -0.3 is 5.11 Å². The molecule has 3 rings (SSSR count). The van der Waals surface area contributed by atoms with E-state index in [9.17, 15) is 23.1 Å². The number of sulfone groups is 1. The lowest BCUT2D eigenvalue weighted by Crippen LogP contribution is -2.33. The highest BCUT2D eigenvalue weighted by atomic mass is 32.2. The minimum Gasteiger partial charge on any atom is -0.505 e. The molecule has 2 aromatic rings. The molecule has 1 aromatic carbocycles. The van der Waals surface area contributed by atoms with Crippen molar-refractivity contribution in [2.75, 3.05) is 5.75 Å². The van der Waals surface area contributed by atoms with Gasteiger partial charge in [-0.3, -0.25) is 9.59 Å². The summed E-state index contributed by atoms with van der Waals surface area (Å²) in [6.07, 6.45) is 1.49. The summed E-state index contributed by atoms with van der Waals surface area (Å²) in [6.45, 7) is 7.24. The van der Waals surface area contributed by atoms with Gasteiger partial charge in [0.15, 0.2) is 15.6 Å². The Bertz CT molecular complexity index is 1140.